The molecular formula is C40H37ClF6N10O7S2. The first kappa shape index (κ1) is 45.4. The number of rotatable bonds is 14. The van der Waals surface area contributed by atoms with Crippen molar-refractivity contribution in [2.45, 2.75) is 43.7 Å². The first-order valence-electron chi connectivity index (χ1n) is 20.2. The number of sulfone groups is 1. The normalized spacial score (nSPS) is 19.2. The number of carbonyl (C=O) groups excluding carboxylic acids is 1. The highest BCUT2D eigenvalue weighted by atomic mass is 35.5. The van der Waals surface area contributed by atoms with E-state index in [1.807, 2.05) is 4.90 Å². The van der Waals surface area contributed by atoms with Gasteiger partial charge in [0, 0.05) is 56.7 Å². The number of ether oxygens (including phenoxy) is 1. The number of amides is 1. The van der Waals surface area contributed by atoms with Gasteiger partial charge in [-0.15, -0.1) is 0 Å². The van der Waals surface area contributed by atoms with Crippen LogP contribution in [0.4, 0.5) is 32.2 Å². The fourth-order valence-corrected chi connectivity index (χ4v) is 10.8. The summed E-state index contributed by atoms with van der Waals surface area (Å²) in [6, 6.07) is 6.33. The lowest BCUT2D eigenvalue weighted by atomic mass is 10.0. The van der Waals surface area contributed by atoms with Crippen molar-refractivity contribution in [3.05, 3.63) is 97.8 Å². The summed E-state index contributed by atoms with van der Waals surface area (Å²) < 4.78 is 148. The van der Waals surface area contributed by atoms with Crippen LogP contribution >= 0.6 is 11.6 Å². The number of pyridine rings is 1. The van der Waals surface area contributed by atoms with E-state index in [4.69, 9.17) is 21.3 Å². The molecule has 2 fully saturated rings. The van der Waals surface area contributed by atoms with Crippen molar-refractivity contribution in [1.82, 2.24) is 44.3 Å². The third kappa shape index (κ3) is 8.56. The number of alkyl halides is 4. The van der Waals surface area contributed by atoms with Gasteiger partial charge in [-0.2, -0.15) is 24.0 Å². The Morgan fingerprint density at radius 2 is 1.76 bits per heavy atom. The molecule has 1 amide bonds. The predicted octanol–water partition coefficient (Wildman–Crippen LogP) is 4.52. The highest BCUT2D eigenvalue weighted by molar-refractivity contribution is 7.92. The standard InChI is InChI=1S/C40H37ClF6N10O7S2/c1-54-33-27(5-4-25(41)31(33)37(52-54)53-65(2,60)61)57-38(50-36-22(39(57)59)3-6-29(49-36)64-10-7-55-8-11-66(62,63)12-9-55)26(15-19-13-20(42)16-21(43)14-19)48-28(58)18-56-34-30(32(51-56)35(44)45)23-17-24(23)40(34,46)47/h3-6,13-14,16,23-24,26,35H,7-12,15,17-18H2,1-2H3,(H,48,58)(H,52,53)/t23-,24+,26-/m0/s1. The summed E-state index contributed by atoms with van der Waals surface area (Å²) in [6.07, 6.45) is -2.90. The second kappa shape index (κ2) is 16.5. The number of benzene rings is 2. The van der Waals surface area contributed by atoms with Crippen LogP contribution in [-0.4, -0.2) is 106 Å². The Balaban J connectivity index is 1.18. The van der Waals surface area contributed by atoms with Crippen molar-refractivity contribution in [1.29, 1.82) is 0 Å². The monoisotopic (exact) mass is 982 g/mol. The van der Waals surface area contributed by atoms with Gasteiger partial charge >= 0.3 is 0 Å². The Morgan fingerprint density at radius 1 is 1.05 bits per heavy atom. The van der Waals surface area contributed by atoms with Crippen LogP contribution in [-0.2, 0) is 50.6 Å². The predicted molar refractivity (Wildman–Crippen MR) is 226 cm³/mol. The van der Waals surface area contributed by atoms with Crippen molar-refractivity contribution >= 4 is 65.1 Å². The lowest BCUT2D eigenvalue weighted by Gasteiger charge is -2.26. The Kier molecular flexibility index (Phi) is 11.4. The molecule has 5 heterocycles. The number of carbonyl (C=O) groups is 1. The minimum Gasteiger partial charge on any atom is -0.476 e. The number of halogens is 7. The Morgan fingerprint density at radius 3 is 2.44 bits per heavy atom. The quantitative estimate of drug-likeness (QED) is 0.145. The Hall–Kier alpha value is -5.79. The van der Waals surface area contributed by atoms with Gasteiger partial charge in [-0.1, -0.05) is 11.6 Å². The second-order valence-corrected chi connectivity index (χ2v) is 20.8. The Labute approximate surface area is 375 Å². The van der Waals surface area contributed by atoms with E-state index in [9.17, 15) is 44.0 Å². The molecule has 0 unspecified atom stereocenters. The summed E-state index contributed by atoms with van der Waals surface area (Å²) in [6.45, 7) is -0.0623. The zero-order valence-electron chi connectivity index (χ0n) is 34.6. The number of fused-ring (bicyclic) bond motifs is 5. The van der Waals surface area contributed by atoms with Crippen LogP contribution < -0.4 is 20.3 Å². The van der Waals surface area contributed by atoms with Gasteiger partial charge in [0.15, 0.2) is 21.3 Å². The third-order valence-corrected chi connectivity index (χ3v) is 14.2. The van der Waals surface area contributed by atoms with Crippen molar-refractivity contribution in [3.63, 3.8) is 0 Å². The molecule has 2 aromatic carbocycles. The zero-order valence-corrected chi connectivity index (χ0v) is 37.0. The summed E-state index contributed by atoms with van der Waals surface area (Å²) >= 11 is 6.62. The molecule has 2 aliphatic carbocycles. The van der Waals surface area contributed by atoms with E-state index < -0.39 is 97.5 Å². The van der Waals surface area contributed by atoms with Crippen LogP contribution in [0, 0.1) is 17.6 Å². The van der Waals surface area contributed by atoms with E-state index in [1.54, 1.807) is 0 Å². The molecule has 4 aromatic heterocycles. The fraction of sp³-hybridized carbons (Fsp3) is 0.400. The van der Waals surface area contributed by atoms with Crippen LogP contribution in [0.3, 0.4) is 0 Å². The van der Waals surface area contributed by atoms with E-state index in [0.717, 1.165) is 23.0 Å². The van der Waals surface area contributed by atoms with Gasteiger partial charge in [0.25, 0.3) is 17.9 Å². The summed E-state index contributed by atoms with van der Waals surface area (Å²) in [5.41, 5.74) is -3.17. The van der Waals surface area contributed by atoms with Crippen molar-refractivity contribution in [3.8, 4) is 11.6 Å². The lowest BCUT2D eigenvalue weighted by Crippen LogP contribution is -2.42. The summed E-state index contributed by atoms with van der Waals surface area (Å²) in [4.78, 5) is 40.2. The molecule has 0 spiro atoms. The summed E-state index contributed by atoms with van der Waals surface area (Å²) in [7, 11) is -5.65. The third-order valence-electron chi connectivity index (χ3n) is 11.7. The molecule has 9 rings (SSSR count). The Bertz CT molecular complexity index is 3240. The van der Waals surface area contributed by atoms with Crippen LogP contribution in [0.1, 0.15) is 53.1 Å². The lowest BCUT2D eigenvalue weighted by molar-refractivity contribution is -0.123. The van der Waals surface area contributed by atoms with Gasteiger partial charge < -0.3 is 10.1 Å². The number of hydrogen-bond donors (Lipinski definition) is 2. The zero-order chi connectivity index (χ0) is 47.2. The summed E-state index contributed by atoms with van der Waals surface area (Å²) in [5.74, 6) is -9.41. The molecule has 3 aliphatic rings. The van der Waals surface area contributed by atoms with E-state index in [-0.39, 0.29) is 85.8 Å². The van der Waals surface area contributed by atoms with Crippen LogP contribution in [0.5, 0.6) is 5.88 Å². The van der Waals surface area contributed by atoms with E-state index in [2.05, 4.69) is 25.2 Å². The molecule has 3 atom stereocenters. The van der Waals surface area contributed by atoms with Gasteiger partial charge in [-0.05, 0) is 48.2 Å². The van der Waals surface area contributed by atoms with E-state index in [1.165, 1.54) is 36.0 Å². The maximum Gasteiger partial charge on any atom is 0.293 e. The van der Waals surface area contributed by atoms with Gasteiger partial charge in [0.1, 0.15) is 42.0 Å². The molecule has 0 radical (unpaired) electrons. The molecule has 0 bridgehead atoms. The van der Waals surface area contributed by atoms with Crippen LogP contribution in [0.15, 0.2) is 47.3 Å². The smallest absolute Gasteiger partial charge is 0.293 e. The molecule has 1 aliphatic heterocycles. The minimum absolute atomic E-state index is 0.00423. The second-order valence-electron chi connectivity index (χ2n) is 16.4. The maximum atomic E-state index is 15.5. The molecule has 350 valence electrons. The molecule has 1 saturated heterocycles. The average molecular weight is 983 g/mol. The van der Waals surface area contributed by atoms with Crippen LogP contribution in [0.25, 0.3) is 27.6 Å². The number of anilines is 1. The maximum absolute atomic E-state index is 15.5. The molecule has 2 N–H and O–H groups in total. The van der Waals surface area contributed by atoms with Crippen molar-refractivity contribution < 1.29 is 52.7 Å². The number of aryl methyl sites for hydroxylation is 1. The minimum atomic E-state index is -3.94. The van der Waals surface area contributed by atoms with Gasteiger partial charge in [0.2, 0.25) is 21.8 Å². The fourth-order valence-electron chi connectivity index (χ4n) is 8.78. The van der Waals surface area contributed by atoms with Crippen molar-refractivity contribution in [2.24, 2.45) is 13.0 Å². The first-order valence-corrected chi connectivity index (χ1v) is 24.3. The molecule has 6 aromatic rings. The summed E-state index contributed by atoms with van der Waals surface area (Å²) in [5, 5.41) is 10.5. The molecular weight excluding hydrogens is 946 g/mol. The van der Waals surface area contributed by atoms with Gasteiger partial charge in [-0.3, -0.25) is 33.1 Å². The molecule has 17 nitrogen and oxygen atoms in total. The van der Waals surface area contributed by atoms with Crippen LogP contribution in [0.2, 0.25) is 5.02 Å². The number of nitrogens with zero attached hydrogens (tertiary/aromatic N) is 8. The number of nitrogens with one attached hydrogen (secondary N) is 2. The molecule has 66 heavy (non-hydrogen) atoms. The topological polar surface area (TPSA) is 205 Å². The number of sulfonamides is 1. The van der Waals surface area contributed by atoms with E-state index >= 15 is 8.78 Å². The highest BCUT2D eigenvalue weighted by Crippen LogP contribution is 2.68. The SMILES string of the molecule is Cn1nc(NS(C)(=O)=O)c2c(Cl)ccc(-n3c([C@H](Cc4cc(F)cc(F)c4)NC(=O)Cn4nc(C(F)F)c5c4C(F)(F)[C@@H]4C[C@H]54)nc4nc(OCCN5CCS(=O)(=O)CC5)ccc4c3=O)c21. The van der Waals surface area contributed by atoms with Gasteiger partial charge in [0.05, 0.1) is 50.8 Å². The number of aromatic nitrogens is 7. The molecule has 26 heteroatoms. The highest BCUT2D eigenvalue weighted by Gasteiger charge is 2.67. The first-order chi connectivity index (χ1) is 31.1. The van der Waals surface area contributed by atoms with Gasteiger partial charge in [-0.25, -0.2) is 39.4 Å². The average Bonchev–Trinajstić information content (AvgIpc) is 3.76. The largest absolute Gasteiger partial charge is 0.476 e. The number of hydrogen-bond acceptors (Lipinski definition) is 12. The molecule has 1 saturated carbocycles. The van der Waals surface area contributed by atoms with E-state index in [0.29, 0.717) is 30.4 Å². The van der Waals surface area contributed by atoms with Crippen molar-refractivity contribution in [2.75, 3.05) is 48.7 Å².